The van der Waals surface area contributed by atoms with Gasteiger partial charge in [-0.3, -0.25) is 0 Å². The molecule has 0 amide bonds. The molecule has 0 bridgehead atoms. The number of halogens is 1. The van der Waals surface area contributed by atoms with Crippen molar-refractivity contribution in [2.24, 2.45) is 0 Å². The van der Waals surface area contributed by atoms with Crippen LogP contribution in [0, 0.1) is 0 Å². The zero-order chi connectivity index (χ0) is 9.84. The van der Waals surface area contributed by atoms with E-state index in [0.29, 0.717) is 4.83 Å². The molecular weight excluding hydrogens is 228 g/mol. The van der Waals surface area contributed by atoms with Crippen LogP contribution >= 0.6 is 15.9 Å². The van der Waals surface area contributed by atoms with E-state index in [1.807, 2.05) is 31.3 Å². The molecule has 0 saturated heterocycles. The first kappa shape index (κ1) is 10.5. The molecule has 0 aliphatic heterocycles. The molecule has 0 aliphatic rings. The third kappa shape index (κ3) is 2.99. The highest BCUT2D eigenvalue weighted by atomic mass is 79.9. The van der Waals surface area contributed by atoms with E-state index in [1.165, 1.54) is 5.56 Å². The van der Waals surface area contributed by atoms with Crippen molar-refractivity contribution < 1.29 is 0 Å². The Kier molecular flexibility index (Phi) is 3.72. The van der Waals surface area contributed by atoms with Gasteiger partial charge in [0.25, 0.3) is 0 Å². The van der Waals surface area contributed by atoms with E-state index in [4.69, 9.17) is 0 Å². The molecule has 3 heteroatoms. The number of hydrogen-bond acceptors (Lipinski definition) is 2. The lowest BCUT2D eigenvalue weighted by atomic mass is 10.1. The normalized spacial score (nSPS) is 12.6. The van der Waals surface area contributed by atoms with Gasteiger partial charge < -0.3 is 4.90 Å². The van der Waals surface area contributed by atoms with E-state index in [2.05, 4.69) is 33.9 Å². The van der Waals surface area contributed by atoms with E-state index in [9.17, 15) is 0 Å². The highest BCUT2D eigenvalue weighted by molar-refractivity contribution is 9.09. The van der Waals surface area contributed by atoms with Gasteiger partial charge >= 0.3 is 0 Å². The summed E-state index contributed by atoms with van der Waals surface area (Å²) in [6.45, 7) is 2.15. The number of hydrogen-bond donors (Lipinski definition) is 0. The smallest absolute Gasteiger partial charge is 0.131 e. The first-order valence-corrected chi connectivity index (χ1v) is 5.28. The topological polar surface area (TPSA) is 16.1 Å². The summed E-state index contributed by atoms with van der Waals surface area (Å²) in [4.78, 5) is 6.88. The standard InChI is InChI=1S/C10H15BrN2/c1-8(11)7-9-5-4-6-12-10(9)13(2)3/h4-6,8H,7H2,1-3H3. The number of nitrogens with zero attached hydrogens (tertiary/aromatic N) is 2. The molecule has 0 fully saturated rings. The average molecular weight is 243 g/mol. The maximum Gasteiger partial charge on any atom is 0.131 e. The zero-order valence-electron chi connectivity index (χ0n) is 8.29. The molecule has 0 spiro atoms. The molecular formula is C10H15BrN2. The van der Waals surface area contributed by atoms with Crippen molar-refractivity contribution in [3.63, 3.8) is 0 Å². The molecule has 0 saturated carbocycles. The molecule has 1 heterocycles. The molecule has 2 nitrogen and oxygen atoms in total. The van der Waals surface area contributed by atoms with E-state index >= 15 is 0 Å². The average Bonchev–Trinajstić information content (AvgIpc) is 2.03. The molecule has 1 aromatic rings. The van der Waals surface area contributed by atoms with Crippen molar-refractivity contribution in [2.45, 2.75) is 18.2 Å². The Bertz CT molecular complexity index is 271. The summed E-state index contributed by atoms with van der Waals surface area (Å²) in [5, 5.41) is 0. The molecule has 1 unspecified atom stereocenters. The minimum absolute atomic E-state index is 0.496. The van der Waals surface area contributed by atoms with E-state index in [0.717, 1.165) is 12.2 Å². The highest BCUT2D eigenvalue weighted by Crippen LogP contribution is 2.18. The van der Waals surface area contributed by atoms with Gasteiger partial charge in [0.1, 0.15) is 5.82 Å². The molecule has 1 aromatic heterocycles. The quantitative estimate of drug-likeness (QED) is 0.758. The van der Waals surface area contributed by atoms with E-state index in [1.54, 1.807) is 0 Å². The summed E-state index contributed by atoms with van der Waals surface area (Å²) in [6.07, 6.45) is 2.85. The molecule has 0 aliphatic carbocycles. The Morgan fingerprint density at radius 1 is 1.54 bits per heavy atom. The Morgan fingerprint density at radius 3 is 2.77 bits per heavy atom. The second-order valence-electron chi connectivity index (χ2n) is 3.37. The summed E-state index contributed by atoms with van der Waals surface area (Å²) >= 11 is 3.55. The Labute approximate surface area is 88.1 Å². The van der Waals surface area contributed by atoms with Crippen LogP contribution in [0.1, 0.15) is 12.5 Å². The molecule has 0 N–H and O–H groups in total. The van der Waals surface area contributed by atoms with Gasteiger partial charge in [-0.2, -0.15) is 0 Å². The third-order valence-corrected chi connectivity index (χ3v) is 2.12. The second-order valence-corrected chi connectivity index (χ2v) is 4.93. The Morgan fingerprint density at radius 2 is 2.23 bits per heavy atom. The van der Waals surface area contributed by atoms with E-state index < -0.39 is 0 Å². The van der Waals surface area contributed by atoms with Gasteiger partial charge in [0.2, 0.25) is 0 Å². The van der Waals surface area contributed by atoms with Crippen molar-refractivity contribution in [3.8, 4) is 0 Å². The van der Waals surface area contributed by atoms with Crippen molar-refractivity contribution >= 4 is 21.7 Å². The van der Waals surface area contributed by atoms with Gasteiger partial charge in [-0.15, -0.1) is 0 Å². The maximum atomic E-state index is 4.34. The van der Waals surface area contributed by atoms with Gasteiger partial charge in [-0.25, -0.2) is 4.98 Å². The third-order valence-electron chi connectivity index (χ3n) is 1.79. The van der Waals surface area contributed by atoms with Crippen LogP contribution in [0.4, 0.5) is 5.82 Å². The summed E-state index contributed by atoms with van der Waals surface area (Å²) in [6, 6.07) is 4.11. The van der Waals surface area contributed by atoms with Crippen LogP contribution in [-0.4, -0.2) is 23.9 Å². The number of pyridine rings is 1. The lowest BCUT2D eigenvalue weighted by Gasteiger charge is -2.16. The fraction of sp³-hybridized carbons (Fsp3) is 0.500. The fourth-order valence-electron chi connectivity index (χ4n) is 1.30. The van der Waals surface area contributed by atoms with Crippen LogP contribution < -0.4 is 4.90 Å². The molecule has 13 heavy (non-hydrogen) atoms. The Hall–Kier alpha value is -0.570. The molecule has 0 aromatic carbocycles. The van der Waals surface area contributed by atoms with Crippen LogP contribution in [-0.2, 0) is 6.42 Å². The number of anilines is 1. The highest BCUT2D eigenvalue weighted by Gasteiger charge is 2.06. The summed E-state index contributed by atoms with van der Waals surface area (Å²) < 4.78 is 0. The largest absolute Gasteiger partial charge is 0.363 e. The van der Waals surface area contributed by atoms with Crippen LogP contribution in [0.15, 0.2) is 18.3 Å². The fourth-order valence-corrected chi connectivity index (χ4v) is 1.64. The predicted octanol–water partition coefficient (Wildman–Crippen LogP) is 2.47. The lowest BCUT2D eigenvalue weighted by Crippen LogP contribution is -2.14. The second kappa shape index (κ2) is 4.61. The lowest BCUT2D eigenvalue weighted by molar-refractivity contribution is 0.928. The summed E-state index contributed by atoms with van der Waals surface area (Å²) in [5.41, 5.74) is 1.29. The van der Waals surface area contributed by atoms with Gasteiger partial charge in [0.15, 0.2) is 0 Å². The van der Waals surface area contributed by atoms with Crippen LogP contribution in [0.2, 0.25) is 0 Å². The first-order chi connectivity index (χ1) is 6.11. The van der Waals surface area contributed by atoms with Crippen molar-refractivity contribution in [2.75, 3.05) is 19.0 Å². The predicted molar refractivity (Wildman–Crippen MR) is 60.7 cm³/mol. The number of rotatable bonds is 3. The summed E-state index contributed by atoms with van der Waals surface area (Å²) in [7, 11) is 4.04. The van der Waals surface area contributed by atoms with Crippen LogP contribution in [0.25, 0.3) is 0 Å². The van der Waals surface area contributed by atoms with Crippen LogP contribution in [0.3, 0.4) is 0 Å². The summed E-state index contributed by atoms with van der Waals surface area (Å²) in [5.74, 6) is 1.06. The number of aromatic nitrogens is 1. The SMILES string of the molecule is CC(Br)Cc1cccnc1N(C)C. The van der Waals surface area contributed by atoms with Gasteiger partial charge in [-0.05, 0) is 18.1 Å². The minimum atomic E-state index is 0.496. The Balaban J connectivity index is 2.91. The first-order valence-electron chi connectivity index (χ1n) is 4.36. The molecule has 1 atom stereocenters. The van der Waals surface area contributed by atoms with Crippen molar-refractivity contribution in [1.82, 2.24) is 4.98 Å². The van der Waals surface area contributed by atoms with Gasteiger partial charge in [-0.1, -0.05) is 28.9 Å². The number of alkyl halides is 1. The van der Waals surface area contributed by atoms with Gasteiger partial charge in [0.05, 0.1) is 0 Å². The van der Waals surface area contributed by atoms with Crippen LogP contribution in [0.5, 0.6) is 0 Å². The molecule has 0 radical (unpaired) electrons. The zero-order valence-corrected chi connectivity index (χ0v) is 9.87. The molecule has 1 rings (SSSR count). The van der Waals surface area contributed by atoms with Gasteiger partial charge in [0, 0.05) is 25.1 Å². The van der Waals surface area contributed by atoms with Crippen molar-refractivity contribution in [1.29, 1.82) is 0 Å². The molecule has 72 valence electrons. The monoisotopic (exact) mass is 242 g/mol. The van der Waals surface area contributed by atoms with E-state index in [-0.39, 0.29) is 0 Å². The maximum absolute atomic E-state index is 4.34. The minimum Gasteiger partial charge on any atom is -0.363 e. The van der Waals surface area contributed by atoms with Crippen molar-refractivity contribution in [3.05, 3.63) is 23.9 Å².